The second-order valence-corrected chi connectivity index (χ2v) is 8.85. The van der Waals surface area contributed by atoms with Crippen LogP contribution in [-0.2, 0) is 13.1 Å². The Labute approximate surface area is 205 Å². The molecule has 0 aliphatic carbocycles. The highest BCUT2D eigenvalue weighted by Crippen LogP contribution is 2.19. The fraction of sp³-hybridized carbons (Fsp3) is 0.222. The first kappa shape index (κ1) is 23.6. The van der Waals surface area contributed by atoms with E-state index in [4.69, 9.17) is 12.2 Å². The van der Waals surface area contributed by atoms with Gasteiger partial charge in [0.05, 0.1) is 19.1 Å². The van der Waals surface area contributed by atoms with Crippen LogP contribution in [0.2, 0.25) is 0 Å². The minimum absolute atomic E-state index is 0.0396. The highest BCUT2D eigenvalue weighted by Gasteiger charge is 2.08. The SMILES string of the molecule is C[NH+](CCCNC(=O)c1ccc(CNc2nc(=S)[nH]c3ccccc23)cc1)Cc1ccccc1. The number of hydrogen-bond acceptors (Lipinski definition) is 4. The number of H-pyrrole nitrogens is 1. The van der Waals surface area contributed by atoms with Crippen LogP contribution in [0.15, 0.2) is 78.9 Å². The Kier molecular flexibility index (Phi) is 8.01. The van der Waals surface area contributed by atoms with E-state index in [1.165, 1.54) is 10.5 Å². The molecule has 0 bridgehead atoms. The van der Waals surface area contributed by atoms with Crippen molar-refractivity contribution in [3.05, 3.63) is 100 Å². The van der Waals surface area contributed by atoms with Crippen molar-refractivity contribution >= 4 is 34.8 Å². The van der Waals surface area contributed by atoms with E-state index in [9.17, 15) is 4.79 Å². The Hall–Kier alpha value is -3.55. The molecule has 6 nitrogen and oxygen atoms in total. The van der Waals surface area contributed by atoms with Gasteiger partial charge >= 0.3 is 0 Å². The predicted octanol–water partition coefficient (Wildman–Crippen LogP) is 3.74. The summed E-state index contributed by atoms with van der Waals surface area (Å²) in [5.74, 6) is 0.711. The van der Waals surface area contributed by atoms with E-state index in [-0.39, 0.29) is 5.91 Å². The molecule has 0 aliphatic rings. The van der Waals surface area contributed by atoms with Crippen LogP contribution in [0, 0.1) is 4.77 Å². The summed E-state index contributed by atoms with van der Waals surface area (Å²) >= 11 is 5.24. The van der Waals surface area contributed by atoms with Gasteiger partial charge in [0, 0.05) is 36.0 Å². The fourth-order valence-electron chi connectivity index (χ4n) is 3.92. The molecule has 0 saturated carbocycles. The van der Waals surface area contributed by atoms with Gasteiger partial charge in [-0.3, -0.25) is 4.79 Å². The van der Waals surface area contributed by atoms with E-state index in [1.54, 1.807) is 0 Å². The van der Waals surface area contributed by atoms with Crippen LogP contribution in [0.5, 0.6) is 0 Å². The number of carbonyl (C=O) groups excluding carboxylic acids is 1. The van der Waals surface area contributed by atoms with Crippen LogP contribution in [0.25, 0.3) is 10.9 Å². The number of carbonyl (C=O) groups is 1. The summed E-state index contributed by atoms with van der Waals surface area (Å²) in [5.41, 5.74) is 4.01. The number of anilines is 1. The Bertz CT molecular complexity index is 1290. The van der Waals surface area contributed by atoms with Crippen molar-refractivity contribution < 1.29 is 9.69 Å². The van der Waals surface area contributed by atoms with Crippen LogP contribution in [0.4, 0.5) is 5.82 Å². The van der Waals surface area contributed by atoms with Crippen molar-refractivity contribution in [1.82, 2.24) is 15.3 Å². The lowest BCUT2D eigenvalue weighted by Crippen LogP contribution is -3.07. The largest absolute Gasteiger partial charge is 0.365 e. The highest BCUT2D eigenvalue weighted by molar-refractivity contribution is 7.71. The first-order chi connectivity index (χ1) is 16.6. The van der Waals surface area contributed by atoms with E-state index < -0.39 is 0 Å². The summed E-state index contributed by atoms with van der Waals surface area (Å²) < 4.78 is 0.445. The van der Waals surface area contributed by atoms with Gasteiger partial charge in [0.25, 0.3) is 5.91 Å². The van der Waals surface area contributed by atoms with Gasteiger partial charge in [-0.05, 0) is 42.0 Å². The Balaban J connectivity index is 1.23. The lowest BCUT2D eigenvalue weighted by Gasteiger charge is -2.14. The number of rotatable bonds is 10. The molecule has 0 fully saturated rings. The number of aromatic amines is 1. The van der Waals surface area contributed by atoms with Gasteiger partial charge in [-0.25, -0.2) is 4.98 Å². The number of nitrogens with one attached hydrogen (secondary N) is 4. The van der Waals surface area contributed by atoms with E-state index >= 15 is 0 Å². The number of hydrogen-bond donors (Lipinski definition) is 4. The molecule has 174 valence electrons. The van der Waals surface area contributed by atoms with Gasteiger partial charge in [0.1, 0.15) is 12.4 Å². The zero-order chi connectivity index (χ0) is 23.8. The van der Waals surface area contributed by atoms with Gasteiger partial charge in [-0.15, -0.1) is 0 Å². The van der Waals surface area contributed by atoms with Gasteiger partial charge in [-0.2, -0.15) is 0 Å². The molecule has 3 aromatic carbocycles. The maximum atomic E-state index is 12.5. The van der Waals surface area contributed by atoms with Crippen LogP contribution < -0.4 is 15.5 Å². The standard InChI is InChI=1S/C27H29N5OS/c1-32(19-21-8-3-2-4-9-21)17-7-16-28-26(33)22-14-12-20(13-15-22)18-29-25-23-10-5-6-11-24(23)30-27(34)31-25/h2-6,8-15H,7,16-19H2,1H3,(H,28,33)(H2,29,30,31,34)/p+1. The normalized spacial score (nSPS) is 11.8. The average molecular weight is 473 g/mol. The van der Waals surface area contributed by atoms with Crippen LogP contribution in [-0.4, -0.2) is 36.0 Å². The van der Waals surface area contributed by atoms with E-state index in [1.807, 2.05) is 54.6 Å². The lowest BCUT2D eigenvalue weighted by atomic mass is 10.1. The number of nitrogens with zero attached hydrogens (tertiary/aromatic N) is 1. The second-order valence-electron chi connectivity index (χ2n) is 8.47. The van der Waals surface area contributed by atoms with E-state index in [0.29, 0.717) is 23.4 Å². The van der Waals surface area contributed by atoms with Gasteiger partial charge in [0.15, 0.2) is 4.77 Å². The van der Waals surface area contributed by atoms with Gasteiger partial charge < -0.3 is 20.5 Å². The predicted molar refractivity (Wildman–Crippen MR) is 140 cm³/mol. The van der Waals surface area contributed by atoms with Crippen molar-refractivity contribution in [2.24, 2.45) is 0 Å². The minimum Gasteiger partial charge on any atom is -0.365 e. The molecule has 34 heavy (non-hydrogen) atoms. The number of para-hydroxylation sites is 1. The van der Waals surface area contributed by atoms with Crippen LogP contribution in [0.1, 0.15) is 27.9 Å². The second kappa shape index (κ2) is 11.5. The topological polar surface area (TPSA) is 74.2 Å². The zero-order valence-electron chi connectivity index (χ0n) is 19.3. The number of benzene rings is 3. The molecule has 0 saturated heterocycles. The number of quaternary nitrogens is 1. The molecule has 4 rings (SSSR count). The van der Waals surface area contributed by atoms with Crippen LogP contribution >= 0.6 is 12.2 Å². The molecule has 1 amide bonds. The van der Waals surface area contributed by atoms with Gasteiger partial charge in [-0.1, -0.05) is 54.6 Å². The monoisotopic (exact) mass is 472 g/mol. The zero-order valence-corrected chi connectivity index (χ0v) is 20.1. The number of fused-ring (bicyclic) bond motifs is 1. The molecular weight excluding hydrogens is 442 g/mol. The maximum absolute atomic E-state index is 12.5. The minimum atomic E-state index is -0.0396. The summed E-state index contributed by atoms with van der Waals surface area (Å²) in [6.07, 6.45) is 0.937. The smallest absolute Gasteiger partial charge is 0.251 e. The molecule has 1 unspecified atom stereocenters. The molecule has 1 aromatic heterocycles. The molecule has 0 spiro atoms. The van der Waals surface area contributed by atoms with Crippen molar-refractivity contribution in [2.45, 2.75) is 19.5 Å². The van der Waals surface area contributed by atoms with Crippen LogP contribution in [0.3, 0.4) is 0 Å². The Morgan fingerprint density at radius 2 is 1.71 bits per heavy atom. The molecule has 7 heteroatoms. The third-order valence-corrected chi connectivity index (χ3v) is 5.92. The summed E-state index contributed by atoms with van der Waals surface area (Å²) in [6, 6.07) is 26.1. The Morgan fingerprint density at radius 3 is 2.50 bits per heavy atom. The van der Waals surface area contributed by atoms with Crippen molar-refractivity contribution in [2.75, 3.05) is 25.5 Å². The maximum Gasteiger partial charge on any atom is 0.251 e. The first-order valence-electron chi connectivity index (χ1n) is 11.5. The molecule has 1 heterocycles. The third kappa shape index (κ3) is 6.50. The molecule has 0 aliphatic heterocycles. The summed E-state index contributed by atoms with van der Waals surface area (Å²) in [5, 5.41) is 7.38. The molecule has 4 N–H and O–H groups in total. The Morgan fingerprint density at radius 1 is 0.971 bits per heavy atom. The average Bonchev–Trinajstić information content (AvgIpc) is 2.86. The third-order valence-electron chi connectivity index (χ3n) is 5.73. The fourth-order valence-corrected chi connectivity index (χ4v) is 4.13. The summed E-state index contributed by atoms with van der Waals surface area (Å²) in [4.78, 5) is 21.5. The number of amides is 1. The number of aromatic nitrogens is 2. The quantitative estimate of drug-likeness (QED) is 0.210. The van der Waals surface area contributed by atoms with E-state index in [0.717, 1.165) is 41.8 Å². The van der Waals surface area contributed by atoms with Crippen molar-refractivity contribution in [3.63, 3.8) is 0 Å². The summed E-state index contributed by atoms with van der Waals surface area (Å²) in [6.45, 7) is 3.26. The first-order valence-corrected chi connectivity index (χ1v) is 11.9. The molecule has 1 atom stereocenters. The molecule has 0 radical (unpaired) electrons. The summed E-state index contributed by atoms with van der Waals surface area (Å²) in [7, 11) is 2.18. The molecule has 4 aromatic rings. The van der Waals surface area contributed by atoms with E-state index in [2.05, 4.69) is 51.9 Å². The lowest BCUT2D eigenvalue weighted by molar-refractivity contribution is -0.893. The molecular formula is C27H30N5OS+. The highest BCUT2D eigenvalue weighted by atomic mass is 32.1. The van der Waals surface area contributed by atoms with Gasteiger partial charge in [0.2, 0.25) is 0 Å². The van der Waals surface area contributed by atoms with Crippen molar-refractivity contribution in [3.8, 4) is 0 Å². The van der Waals surface area contributed by atoms with Crippen molar-refractivity contribution in [1.29, 1.82) is 0 Å².